The van der Waals surface area contributed by atoms with Gasteiger partial charge in [-0.3, -0.25) is 0 Å². The lowest BCUT2D eigenvalue weighted by Crippen LogP contribution is -2.21. The Labute approximate surface area is 140 Å². The molecule has 23 heavy (non-hydrogen) atoms. The smallest absolute Gasteiger partial charge is 0.0994 e. The molecule has 0 bridgehead atoms. The van der Waals surface area contributed by atoms with Crippen molar-refractivity contribution in [3.05, 3.63) is 70.8 Å². The molecule has 1 heteroatoms. The van der Waals surface area contributed by atoms with Crippen molar-refractivity contribution >= 4 is 11.1 Å². The molecule has 1 aliphatic carbocycles. The Morgan fingerprint density at radius 3 is 2.65 bits per heavy atom. The molecular formula is C22H25N. The first-order valence-electron chi connectivity index (χ1n) is 8.12. The second-order valence-corrected chi connectivity index (χ2v) is 6.82. The highest BCUT2D eigenvalue weighted by molar-refractivity contribution is 5.83. The van der Waals surface area contributed by atoms with E-state index < -0.39 is 0 Å². The molecule has 1 aliphatic rings. The van der Waals surface area contributed by atoms with Crippen LogP contribution in [0.5, 0.6) is 0 Å². The second kappa shape index (κ2) is 6.84. The fourth-order valence-electron chi connectivity index (χ4n) is 2.82. The highest BCUT2D eigenvalue weighted by Gasteiger charge is 2.28. The minimum Gasteiger partial charge on any atom is -0.192 e. The Morgan fingerprint density at radius 2 is 2.00 bits per heavy atom. The number of allylic oxidation sites excluding steroid dienone is 8. The molecule has 0 aromatic heterocycles. The molecule has 0 fully saturated rings. The molecule has 0 atom stereocenters. The first-order valence-corrected chi connectivity index (χ1v) is 8.12. The van der Waals surface area contributed by atoms with Crippen LogP contribution in [0.15, 0.2) is 54.2 Å². The SMILES string of the molecule is C/C=C(C)/C=C/C=C(\C)c1ccc2c(c1)C(C#N)=CCC2(C)C. The molecule has 1 aromatic carbocycles. The van der Waals surface area contributed by atoms with Gasteiger partial charge in [-0.15, -0.1) is 0 Å². The van der Waals surface area contributed by atoms with Crippen molar-refractivity contribution in [2.45, 2.75) is 46.5 Å². The molecule has 0 saturated heterocycles. The Hall–Kier alpha value is -2.33. The van der Waals surface area contributed by atoms with Gasteiger partial charge in [0, 0.05) is 0 Å². The van der Waals surface area contributed by atoms with Crippen LogP contribution in [-0.4, -0.2) is 0 Å². The molecule has 2 rings (SSSR count). The number of hydrogen-bond acceptors (Lipinski definition) is 1. The van der Waals surface area contributed by atoms with E-state index in [9.17, 15) is 5.26 Å². The number of hydrogen-bond donors (Lipinski definition) is 0. The first-order chi connectivity index (χ1) is 10.9. The molecular weight excluding hydrogens is 278 g/mol. The van der Waals surface area contributed by atoms with Gasteiger partial charge < -0.3 is 0 Å². The molecule has 0 heterocycles. The van der Waals surface area contributed by atoms with Crippen LogP contribution in [0.25, 0.3) is 11.1 Å². The van der Waals surface area contributed by atoms with E-state index in [1.54, 1.807) is 0 Å². The van der Waals surface area contributed by atoms with Crippen LogP contribution < -0.4 is 0 Å². The van der Waals surface area contributed by atoms with Gasteiger partial charge in [0.25, 0.3) is 0 Å². The van der Waals surface area contributed by atoms with Gasteiger partial charge in [0.1, 0.15) is 0 Å². The lowest BCUT2D eigenvalue weighted by atomic mass is 9.73. The van der Waals surface area contributed by atoms with Gasteiger partial charge in [0.2, 0.25) is 0 Å². The van der Waals surface area contributed by atoms with E-state index in [1.165, 1.54) is 22.3 Å². The summed E-state index contributed by atoms with van der Waals surface area (Å²) in [7, 11) is 0. The molecule has 0 unspecified atom stereocenters. The van der Waals surface area contributed by atoms with Crippen LogP contribution in [-0.2, 0) is 5.41 Å². The maximum absolute atomic E-state index is 9.42. The number of benzene rings is 1. The van der Waals surface area contributed by atoms with Crippen LogP contribution >= 0.6 is 0 Å². The van der Waals surface area contributed by atoms with Gasteiger partial charge in [0.05, 0.1) is 11.6 Å². The monoisotopic (exact) mass is 303 g/mol. The summed E-state index contributed by atoms with van der Waals surface area (Å²) < 4.78 is 0. The van der Waals surface area contributed by atoms with Crippen molar-refractivity contribution in [3.63, 3.8) is 0 Å². The van der Waals surface area contributed by atoms with Crippen molar-refractivity contribution < 1.29 is 0 Å². The van der Waals surface area contributed by atoms with Crippen molar-refractivity contribution in [1.82, 2.24) is 0 Å². The van der Waals surface area contributed by atoms with Gasteiger partial charge in [0.15, 0.2) is 0 Å². The summed E-state index contributed by atoms with van der Waals surface area (Å²) in [5, 5.41) is 9.42. The average molecular weight is 303 g/mol. The van der Waals surface area contributed by atoms with E-state index in [-0.39, 0.29) is 5.41 Å². The molecule has 118 valence electrons. The fourth-order valence-corrected chi connectivity index (χ4v) is 2.82. The van der Waals surface area contributed by atoms with Crippen molar-refractivity contribution in [3.8, 4) is 6.07 Å². The second-order valence-electron chi connectivity index (χ2n) is 6.82. The van der Waals surface area contributed by atoms with Crippen molar-refractivity contribution in [1.29, 1.82) is 5.26 Å². The summed E-state index contributed by atoms with van der Waals surface area (Å²) in [4.78, 5) is 0. The Balaban J connectivity index is 2.42. The standard InChI is InChI=1S/C22H25N/c1-6-16(2)8-7-9-17(3)18-10-11-21-20(14-18)19(15-23)12-13-22(21,4)5/h6-12,14H,13H2,1-5H3/b8-7+,16-6+,17-9+. The van der Waals surface area contributed by atoms with Gasteiger partial charge in [-0.1, -0.05) is 61.9 Å². The number of nitriles is 1. The maximum atomic E-state index is 9.42. The zero-order chi connectivity index (χ0) is 17.0. The largest absolute Gasteiger partial charge is 0.192 e. The number of rotatable bonds is 3. The van der Waals surface area contributed by atoms with Gasteiger partial charge in [-0.05, 0) is 60.9 Å². The summed E-state index contributed by atoms with van der Waals surface area (Å²) >= 11 is 0. The van der Waals surface area contributed by atoms with Crippen LogP contribution in [0.2, 0.25) is 0 Å². The third-order valence-electron chi connectivity index (χ3n) is 4.59. The summed E-state index contributed by atoms with van der Waals surface area (Å²) in [5.41, 5.74) is 6.87. The normalized spacial score (nSPS) is 17.7. The third-order valence-corrected chi connectivity index (χ3v) is 4.59. The van der Waals surface area contributed by atoms with Gasteiger partial charge in [-0.2, -0.15) is 5.26 Å². The average Bonchev–Trinajstić information content (AvgIpc) is 2.54. The number of fused-ring (bicyclic) bond motifs is 1. The zero-order valence-corrected chi connectivity index (χ0v) is 14.8. The zero-order valence-electron chi connectivity index (χ0n) is 14.8. The van der Waals surface area contributed by atoms with Gasteiger partial charge in [-0.25, -0.2) is 0 Å². The lowest BCUT2D eigenvalue weighted by molar-refractivity contribution is 0.527. The molecule has 0 spiro atoms. The van der Waals surface area contributed by atoms with E-state index in [0.29, 0.717) is 0 Å². The third kappa shape index (κ3) is 3.71. The Morgan fingerprint density at radius 1 is 1.26 bits per heavy atom. The van der Waals surface area contributed by atoms with Crippen LogP contribution in [0.1, 0.15) is 57.7 Å². The highest BCUT2D eigenvalue weighted by Crippen LogP contribution is 2.39. The molecule has 1 aromatic rings. The van der Waals surface area contributed by atoms with Crippen LogP contribution in [0.3, 0.4) is 0 Å². The van der Waals surface area contributed by atoms with E-state index in [2.05, 4.69) is 82.3 Å². The van der Waals surface area contributed by atoms with E-state index >= 15 is 0 Å². The summed E-state index contributed by atoms with van der Waals surface area (Å²) in [6.07, 6.45) is 11.4. The molecule has 0 amide bonds. The van der Waals surface area contributed by atoms with Crippen molar-refractivity contribution in [2.24, 2.45) is 0 Å². The van der Waals surface area contributed by atoms with Crippen LogP contribution in [0.4, 0.5) is 0 Å². The van der Waals surface area contributed by atoms with Crippen molar-refractivity contribution in [2.75, 3.05) is 0 Å². The maximum Gasteiger partial charge on any atom is 0.0994 e. The topological polar surface area (TPSA) is 23.8 Å². The molecule has 0 aliphatic heterocycles. The summed E-state index contributed by atoms with van der Waals surface area (Å²) in [5.74, 6) is 0. The Bertz CT molecular complexity index is 762. The summed E-state index contributed by atoms with van der Waals surface area (Å²) in [6.45, 7) is 10.7. The van der Waals surface area contributed by atoms with Gasteiger partial charge >= 0.3 is 0 Å². The van der Waals surface area contributed by atoms with E-state index in [1.807, 2.05) is 6.92 Å². The van der Waals surface area contributed by atoms with E-state index in [0.717, 1.165) is 17.6 Å². The van der Waals surface area contributed by atoms with Crippen LogP contribution in [0, 0.1) is 11.3 Å². The lowest BCUT2D eigenvalue weighted by Gasteiger charge is -2.30. The quantitative estimate of drug-likeness (QED) is 0.610. The minimum absolute atomic E-state index is 0.0920. The Kier molecular flexibility index (Phi) is 5.06. The predicted molar refractivity (Wildman–Crippen MR) is 99.9 cm³/mol. The molecule has 0 saturated carbocycles. The fraction of sp³-hybridized carbons (Fsp3) is 0.318. The summed E-state index contributed by atoms with van der Waals surface area (Å²) in [6, 6.07) is 8.87. The van der Waals surface area contributed by atoms with E-state index in [4.69, 9.17) is 0 Å². The highest BCUT2D eigenvalue weighted by atomic mass is 14.3. The minimum atomic E-state index is 0.0920. The molecule has 0 radical (unpaired) electrons. The molecule has 0 N–H and O–H groups in total. The first kappa shape index (κ1) is 17.0. The predicted octanol–water partition coefficient (Wildman–Crippen LogP) is 6.20. The number of nitrogens with zero attached hydrogens (tertiary/aromatic N) is 1. The molecule has 1 nitrogen and oxygen atoms in total.